The van der Waals surface area contributed by atoms with Crippen molar-refractivity contribution in [3.8, 4) is 17.1 Å². The minimum atomic E-state index is -0.452. The number of hydrogen-bond donors (Lipinski definition) is 1. The number of carbonyl (C=O) groups is 2. The minimum absolute atomic E-state index is 0.0506. The highest BCUT2D eigenvalue weighted by molar-refractivity contribution is 5.94. The van der Waals surface area contributed by atoms with Crippen molar-refractivity contribution in [3.63, 3.8) is 0 Å². The minimum Gasteiger partial charge on any atom is -0.484 e. The number of ether oxygens (including phenoxy) is 1. The molecule has 1 N–H and O–H groups in total. The molecule has 9 nitrogen and oxygen atoms in total. The smallest absolute Gasteiger partial charge is 0.261 e. The number of carbonyl (C=O) groups excluding carboxylic acids is 2. The summed E-state index contributed by atoms with van der Waals surface area (Å²) in [6, 6.07) is 16.0. The van der Waals surface area contributed by atoms with Gasteiger partial charge in [-0.15, -0.1) is 0 Å². The van der Waals surface area contributed by atoms with Crippen LogP contribution in [0.5, 0.6) is 5.75 Å². The van der Waals surface area contributed by atoms with Crippen molar-refractivity contribution in [3.05, 3.63) is 66.1 Å². The van der Waals surface area contributed by atoms with Crippen LogP contribution in [0.15, 0.2) is 59.1 Å². The zero-order valence-electron chi connectivity index (χ0n) is 19.4. The van der Waals surface area contributed by atoms with Crippen LogP contribution in [0.2, 0.25) is 0 Å². The lowest BCUT2D eigenvalue weighted by atomic mass is 10.0. The molecule has 3 heterocycles. The van der Waals surface area contributed by atoms with E-state index in [9.17, 15) is 14.7 Å². The Labute approximate surface area is 203 Å². The lowest BCUT2D eigenvalue weighted by Gasteiger charge is -2.33. The van der Waals surface area contributed by atoms with E-state index in [0.717, 1.165) is 24.8 Å². The highest BCUT2D eigenvalue weighted by Crippen LogP contribution is 2.31. The number of nitrogens with zero attached hydrogens (tertiary/aromatic N) is 4. The first-order chi connectivity index (χ1) is 17.1. The van der Waals surface area contributed by atoms with E-state index in [1.54, 1.807) is 34.1 Å². The molecule has 2 amide bonds. The van der Waals surface area contributed by atoms with E-state index < -0.39 is 6.10 Å². The molecule has 0 bridgehead atoms. The van der Waals surface area contributed by atoms with E-state index >= 15 is 0 Å². The van der Waals surface area contributed by atoms with Crippen molar-refractivity contribution in [2.24, 2.45) is 0 Å². The summed E-state index contributed by atoms with van der Waals surface area (Å²) in [7, 11) is 0. The maximum atomic E-state index is 12.9. The molecule has 0 radical (unpaired) electrons. The Kier molecular flexibility index (Phi) is 6.76. The molecule has 2 aromatic carbocycles. The molecule has 2 aliphatic heterocycles. The highest BCUT2D eigenvalue weighted by atomic mass is 16.5. The summed E-state index contributed by atoms with van der Waals surface area (Å²) in [5.41, 5.74) is 1.27. The predicted molar refractivity (Wildman–Crippen MR) is 127 cm³/mol. The number of hydrogen-bond acceptors (Lipinski definition) is 7. The molecule has 1 aromatic heterocycles. The Morgan fingerprint density at radius 2 is 1.83 bits per heavy atom. The lowest BCUT2D eigenvalue weighted by Crippen LogP contribution is -2.41. The molecule has 182 valence electrons. The average molecular weight is 477 g/mol. The normalized spacial score (nSPS) is 20.1. The Balaban J connectivity index is 1.26. The van der Waals surface area contributed by atoms with E-state index in [-0.39, 0.29) is 24.5 Å². The van der Waals surface area contributed by atoms with Gasteiger partial charge in [-0.3, -0.25) is 9.59 Å². The first-order valence-electron chi connectivity index (χ1n) is 12.0. The fourth-order valence-corrected chi connectivity index (χ4v) is 4.59. The van der Waals surface area contributed by atoms with Gasteiger partial charge in [0, 0.05) is 30.8 Å². The van der Waals surface area contributed by atoms with Crippen LogP contribution in [-0.4, -0.2) is 69.2 Å². The fraction of sp³-hybridized carbons (Fsp3) is 0.385. The lowest BCUT2D eigenvalue weighted by molar-refractivity contribution is -0.138. The van der Waals surface area contributed by atoms with E-state index in [1.165, 1.54) is 0 Å². The fourth-order valence-electron chi connectivity index (χ4n) is 4.59. The maximum absolute atomic E-state index is 12.9. The maximum Gasteiger partial charge on any atom is 0.261 e. The number of aromatic nitrogens is 2. The van der Waals surface area contributed by atoms with Gasteiger partial charge in [-0.05, 0) is 49.9 Å². The number of β-amino-alcohol motifs (C(OH)–C–C–N with tert-alkyl or cyclic N) is 1. The summed E-state index contributed by atoms with van der Waals surface area (Å²) < 4.78 is 11.2. The van der Waals surface area contributed by atoms with Crippen LogP contribution in [0.3, 0.4) is 0 Å². The van der Waals surface area contributed by atoms with Crippen LogP contribution in [-0.2, 0) is 4.79 Å². The number of para-hydroxylation sites is 1. The van der Waals surface area contributed by atoms with Crippen LogP contribution >= 0.6 is 0 Å². The number of aliphatic hydroxyl groups excluding tert-OH is 1. The monoisotopic (exact) mass is 476 g/mol. The quantitative estimate of drug-likeness (QED) is 0.582. The van der Waals surface area contributed by atoms with Crippen molar-refractivity contribution in [2.45, 2.75) is 37.8 Å². The van der Waals surface area contributed by atoms with Gasteiger partial charge in [0.2, 0.25) is 11.7 Å². The van der Waals surface area contributed by atoms with Gasteiger partial charge in [0.1, 0.15) is 11.8 Å². The molecular weight excluding hydrogens is 448 g/mol. The van der Waals surface area contributed by atoms with Gasteiger partial charge >= 0.3 is 0 Å². The number of amides is 2. The summed E-state index contributed by atoms with van der Waals surface area (Å²) >= 11 is 0. The standard InChI is InChI=1S/C26H28N4O5/c31-20-13-15-29(16-20)26(33)19-11-9-18(10-12-19)24-27-25(35-28-24)22-8-4-5-14-30(22)23(32)17-34-21-6-2-1-3-7-21/h1-3,6-7,9-12,20,22,31H,4-5,8,13-17H2/t20?,22-/m1/s1. The molecule has 35 heavy (non-hydrogen) atoms. The molecule has 2 aliphatic rings. The van der Waals surface area contributed by atoms with Gasteiger partial charge in [0.15, 0.2) is 6.61 Å². The van der Waals surface area contributed by atoms with Gasteiger partial charge in [0.05, 0.1) is 6.10 Å². The van der Waals surface area contributed by atoms with Gasteiger partial charge in [-0.1, -0.05) is 35.5 Å². The van der Waals surface area contributed by atoms with Crippen molar-refractivity contribution < 1.29 is 24.0 Å². The van der Waals surface area contributed by atoms with Gasteiger partial charge in [-0.25, -0.2) is 0 Å². The molecule has 3 aromatic rings. The van der Waals surface area contributed by atoms with Crippen LogP contribution < -0.4 is 4.74 Å². The second-order valence-corrected chi connectivity index (χ2v) is 8.93. The molecule has 0 spiro atoms. The summed E-state index contributed by atoms with van der Waals surface area (Å²) in [6.45, 7) is 1.48. The Bertz CT molecular complexity index is 1160. The third kappa shape index (κ3) is 5.19. The summed E-state index contributed by atoms with van der Waals surface area (Å²) in [5.74, 6) is 1.24. The van der Waals surface area contributed by atoms with E-state index in [0.29, 0.717) is 49.1 Å². The second kappa shape index (κ2) is 10.3. The third-order valence-electron chi connectivity index (χ3n) is 6.50. The molecule has 2 saturated heterocycles. The molecule has 1 unspecified atom stereocenters. The Morgan fingerprint density at radius 3 is 2.57 bits per heavy atom. The van der Waals surface area contributed by atoms with E-state index in [4.69, 9.17) is 9.26 Å². The van der Waals surface area contributed by atoms with Crippen molar-refractivity contribution in [1.82, 2.24) is 19.9 Å². The molecule has 2 atom stereocenters. The summed E-state index contributed by atoms with van der Waals surface area (Å²) in [5, 5.41) is 13.8. The van der Waals surface area contributed by atoms with Crippen LogP contribution in [0, 0.1) is 0 Å². The summed E-state index contributed by atoms with van der Waals surface area (Å²) in [6.07, 6.45) is 2.78. The van der Waals surface area contributed by atoms with Crippen molar-refractivity contribution in [1.29, 1.82) is 0 Å². The first kappa shape index (κ1) is 23.0. The molecule has 0 saturated carbocycles. The highest BCUT2D eigenvalue weighted by Gasteiger charge is 2.32. The zero-order valence-corrected chi connectivity index (χ0v) is 19.4. The van der Waals surface area contributed by atoms with E-state index in [1.807, 2.05) is 30.3 Å². The van der Waals surface area contributed by atoms with Gasteiger partial charge < -0.3 is 24.2 Å². The van der Waals surface area contributed by atoms with Crippen LogP contribution in [0.25, 0.3) is 11.4 Å². The van der Waals surface area contributed by atoms with Crippen LogP contribution in [0.4, 0.5) is 0 Å². The van der Waals surface area contributed by atoms with Crippen molar-refractivity contribution >= 4 is 11.8 Å². The number of rotatable bonds is 6. The largest absolute Gasteiger partial charge is 0.484 e. The molecule has 2 fully saturated rings. The Hall–Kier alpha value is -3.72. The van der Waals surface area contributed by atoms with Crippen LogP contribution in [0.1, 0.15) is 48.0 Å². The zero-order chi connectivity index (χ0) is 24.2. The molecule has 5 rings (SSSR count). The number of aliphatic hydroxyl groups is 1. The van der Waals surface area contributed by atoms with Crippen molar-refractivity contribution in [2.75, 3.05) is 26.2 Å². The SMILES string of the molecule is O=C(c1ccc(-c2noc([C@H]3CCCCN3C(=O)COc3ccccc3)n2)cc1)N1CCC(O)C1. The third-order valence-corrected chi connectivity index (χ3v) is 6.50. The Morgan fingerprint density at radius 1 is 1.03 bits per heavy atom. The second-order valence-electron chi connectivity index (χ2n) is 8.93. The average Bonchev–Trinajstić information content (AvgIpc) is 3.57. The molecular formula is C26H28N4O5. The number of likely N-dealkylation sites (tertiary alicyclic amines) is 2. The van der Waals surface area contributed by atoms with Gasteiger partial charge in [-0.2, -0.15) is 4.98 Å². The molecule has 9 heteroatoms. The molecule has 0 aliphatic carbocycles. The topological polar surface area (TPSA) is 109 Å². The number of benzene rings is 2. The predicted octanol–water partition coefficient (Wildman–Crippen LogP) is 3.08. The number of piperidine rings is 1. The van der Waals surface area contributed by atoms with Gasteiger partial charge in [0.25, 0.3) is 11.8 Å². The first-order valence-corrected chi connectivity index (χ1v) is 12.0. The summed E-state index contributed by atoms with van der Waals surface area (Å²) in [4.78, 5) is 33.5. The van der Waals surface area contributed by atoms with E-state index in [2.05, 4.69) is 10.1 Å².